The molecule has 0 saturated carbocycles. The molecule has 0 aliphatic carbocycles. The minimum Gasteiger partial charge on any atom is -0.386 e. The van der Waals surface area contributed by atoms with Crippen LogP contribution in [0.15, 0.2) is 35.7 Å². The van der Waals surface area contributed by atoms with Gasteiger partial charge >= 0.3 is 0 Å². The van der Waals surface area contributed by atoms with Gasteiger partial charge in [-0.3, -0.25) is 0 Å². The van der Waals surface area contributed by atoms with Gasteiger partial charge in [0.05, 0.1) is 12.0 Å². The van der Waals surface area contributed by atoms with Gasteiger partial charge in [0, 0.05) is 0 Å². The molecular formula is C12H28N4. The molecule has 96 valence electrons. The minimum absolute atomic E-state index is 0.208. The van der Waals surface area contributed by atoms with Crippen molar-refractivity contribution in [2.45, 2.75) is 40.8 Å². The van der Waals surface area contributed by atoms with Gasteiger partial charge in [-0.05, 0) is 40.2 Å². The smallest absolute Gasteiger partial charge is 0.0951 e. The molecule has 0 saturated heterocycles. The highest BCUT2D eigenvalue weighted by atomic mass is 14.9. The number of rotatable bonds is 1. The lowest BCUT2D eigenvalue weighted by Crippen LogP contribution is -2.34. The van der Waals surface area contributed by atoms with E-state index in [1.165, 1.54) is 11.1 Å². The molecule has 4 heteroatoms. The van der Waals surface area contributed by atoms with Crippen LogP contribution in [0.2, 0.25) is 0 Å². The largest absolute Gasteiger partial charge is 0.386 e. The van der Waals surface area contributed by atoms with Gasteiger partial charge in [-0.25, -0.2) is 0 Å². The first-order valence-electron chi connectivity index (χ1n) is 4.99. The van der Waals surface area contributed by atoms with Crippen LogP contribution in [0.25, 0.3) is 0 Å². The Morgan fingerprint density at radius 2 is 1.00 bits per heavy atom. The van der Waals surface area contributed by atoms with Gasteiger partial charge in [-0.15, -0.1) is 13.2 Å². The molecule has 0 radical (unpaired) electrons. The summed E-state index contributed by atoms with van der Waals surface area (Å²) >= 11 is 0. The summed E-state index contributed by atoms with van der Waals surface area (Å²) in [4.78, 5) is 0. The number of hydrogen-bond donors (Lipinski definition) is 4. The Bertz CT molecular complexity index is 215. The summed E-state index contributed by atoms with van der Waals surface area (Å²) in [5.41, 5.74) is 23.6. The maximum atomic E-state index is 5.20. The lowest BCUT2D eigenvalue weighted by molar-refractivity contribution is 0.798. The predicted molar refractivity (Wildman–Crippen MR) is 74.2 cm³/mol. The van der Waals surface area contributed by atoms with E-state index in [4.69, 9.17) is 22.9 Å². The van der Waals surface area contributed by atoms with E-state index >= 15 is 0 Å². The molecule has 0 aromatic rings. The number of hydrogen-bond acceptors (Lipinski definition) is 4. The molecule has 0 fully saturated rings. The fraction of sp³-hybridized carbons (Fsp3) is 0.500. The van der Waals surface area contributed by atoms with Crippen LogP contribution in [0.4, 0.5) is 0 Å². The van der Waals surface area contributed by atoms with Gasteiger partial charge < -0.3 is 22.9 Å². The molecule has 16 heavy (non-hydrogen) atoms. The van der Waals surface area contributed by atoms with Crippen molar-refractivity contribution < 1.29 is 0 Å². The van der Waals surface area contributed by atoms with E-state index in [0.717, 1.165) is 0 Å². The number of allylic oxidation sites excluding steroid dienone is 2. The Kier molecular flexibility index (Phi) is 14.9. The van der Waals surface area contributed by atoms with E-state index in [-0.39, 0.29) is 5.82 Å². The Morgan fingerprint density at radius 1 is 0.812 bits per heavy atom. The third-order valence-electron chi connectivity index (χ3n) is 0.955. The summed E-state index contributed by atoms with van der Waals surface area (Å²) in [6.45, 7) is 16.7. The van der Waals surface area contributed by atoms with E-state index in [2.05, 4.69) is 13.2 Å². The summed E-state index contributed by atoms with van der Waals surface area (Å²) < 4.78 is 0. The van der Waals surface area contributed by atoms with E-state index in [0.29, 0.717) is 5.57 Å². The summed E-state index contributed by atoms with van der Waals surface area (Å²) in [6.07, 6.45) is -0.528. The van der Waals surface area contributed by atoms with Crippen LogP contribution in [-0.4, -0.2) is 6.17 Å². The molecule has 0 aliphatic rings. The Morgan fingerprint density at radius 3 is 1.00 bits per heavy atom. The van der Waals surface area contributed by atoms with E-state index in [1.807, 2.05) is 27.7 Å². The van der Waals surface area contributed by atoms with Crippen molar-refractivity contribution in [1.82, 2.24) is 0 Å². The van der Waals surface area contributed by atoms with Gasteiger partial charge in [-0.2, -0.15) is 0 Å². The molecule has 0 rings (SSSR count). The first kappa shape index (κ1) is 20.2. The minimum atomic E-state index is -0.528. The average molecular weight is 228 g/mol. The molecular weight excluding hydrogens is 200 g/mol. The normalized spacial score (nSPS) is 8.00. The predicted octanol–water partition coefficient (Wildman–Crippen LogP) is 1.54. The zero-order valence-corrected chi connectivity index (χ0v) is 11.3. The van der Waals surface area contributed by atoms with Crippen LogP contribution in [-0.2, 0) is 0 Å². The van der Waals surface area contributed by atoms with Crippen molar-refractivity contribution in [2.75, 3.05) is 0 Å². The van der Waals surface area contributed by atoms with Crippen LogP contribution in [0, 0.1) is 0 Å². The highest BCUT2D eigenvalue weighted by molar-refractivity contribution is 5.09. The van der Waals surface area contributed by atoms with Gasteiger partial charge in [-0.1, -0.05) is 11.1 Å². The van der Waals surface area contributed by atoms with E-state index in [1.54, 1.807) is 6.92 Å². The van der Waals surface area contributed by atoms with Gasteiger partial charge in [0.15, 0.2) is 0 Å². The van der Waals surface area contributed by atoms with Crippen LogP contribution in [0.1, 0.15) is 34.6 Å². The second-order valence-electron chi connectivity index (χ2n) is 4.08. The molecule has 0 aromatic heterocycles. The topological polar surface area (TPSA) is 104 Å². The molecule has 0 unspecified atom stereocenters. The number of nitrogens with two attached hydrogens (primary N) is 4. The third kappa shape index (κ3) is 38.7. The van der Waals surface area contributed by atoms with Crippen molar-refractivity contribution in [3.63, 3.8) is 0 Å². The lowest BCUT2D eigenvalue weighted by atomic mass is 10.2. The van der Waals surface area contributed by atoms with Gasteiger partial charge in [0.1, 0.15) is 0 Å². The summed E-state index contributed by atoms with van der Waals surface area (Å²) in [5, 5.41) is 0. The van der Waals surface area contributed by atoms with Crippen molar-refractivity contribution >= 4 is 0 Å². The second kappa shape index (κ2) is 11.8. The zero-order valence-electron chi connectivity index (χ0n) is 11.3. The van der Waals surface area contributed by atoms with Crippen molar-refractivity contribution in [1.29, 1.82) is 0 Å². The van der Waals surface area contributed by atoms with Crippen molar-refractivity contribution in [3.8, 4) is 0 Å². The molecule has 0 aliphatic heterocycles. The van der Waals surface area contributed by atoms with Crippen LogP contribution in [0.5, 0.6) is 0 Å². The second-order valence-corrected chi connectivity index (χ2v) is 4.08. The van der Waals surface area contributed by atoms with E-state index < -0.39 is 6.17 Å². The van der Waals surface area contributed by atoms with E-state index in [9.17, 15) is 0 Å². The molecule has 0 amide bonds. The van der Waals surface area contributed by atoms with Crippen molar-refractivity contribution in [2.24, 2.45) is 22.9 Å². The molecule has 0 spiro atoms. The molecule has 0 heterocycles. The summed E-state index contributed by atoms with van der Waals surface area (Å²) in [5.74, 6) is 0.208. The summed E-state index contributed by atoms with van der Waals surface area (Å²) in [6, 6.07) is 0. The maximum absolute atomic E-state index is 5.20. The molecule has 0 bridgehead atoms. The first-order chi connectivity index (χ1) is 7.02. The SMILES string of the molecule is C=C(C)C.C=C(C)C.CC(=C(N)N)C(N)N. The monoisotopic (exact) mass is 228 g/mol. The average Bonchev–Trinajstić information content (AvgIpc) is 2.00. The highest BCUT2D eigenvalue weighted by Gasteiger charge is 1.97. The highest BCUT2D eigenvalue weighted by Crippen LogP contribution is 1.90. The molecule has 8 N–H and O–H groups in total. The molecule has 0 aromatic carbocycles. The van der Waals surface area contributed by atoms with Gasteiger partial charge in [0.2, 0.25) is 0 Å². The van der Waals surface area contributed by atoms with Crippen LogP contribution < -0.4 is 22.9 Å². The summed E-state index contributed by atoms with van der Waals surface area (Å²) in [7, 11) is 0. The van der Waals surface area contributed by atoms with Crippen molar-refractivity contribution in [3.05, 3.63) is 35.7 Å². The Hall–Kier alpha value is -1.26. The quantitative estimate of drug-likeness (QED) is 0.403. The third-order valence-corrected chi connectivity index (χ3v) is 0.955. The van der Waals surface area contributed by atoms with Crippen LogP contribution in [0.3, 0.4) is 0 Å². The first-order valence-corrected chi connectivity index (χ1v) is 4.99. The fourth-order valence-electron chi connectivity index (χ4n) is 0.192. The van der Waals surface area contributed by atoms with Gasteiger partial charge in [0.25, 0.3) is 0 Å². The fourth-order valence-corrected chi connectivity index (χ4v) is 0.192. The standard InChI is InChI=1S/C4H12N4.2C4H8/c1-2(3(5)6)4(7)8;2*1-4(2)3/h3H,5-8H2,1H3;2*1H2,2-3H3. The maximum Gasteiger partial charge on any atom is 0.0951 e. The zero-order chi connectivity index (χ0) is 13.9. The molecule has 0 atom stereocenters. The molecule has 4 nitrogen and oxygen atoms in total. The van der Waals surface area contributed by atoms with Crippen LogP contribution >= 0.6 is 0 Å². The lowest BCUT2D eigenvalue weighted by Gasteiger charge is -2.05. The Balaban J connectivity index is -0.000000179. The Labute approximate surface area is 100 Å².